The van der Waals surface area contributed by atoms with Gasteiger partial charge in [0.05, 0.1) is 0 Å². The number of hydrogen-bond acceptors (Lipinski definition) is 2. The summed E-state index contributed by atoms with van der Waals surface area (Å²) in [6.45, 7) is 0. The first-order valence-electron chi connectivity index (χ1n) is 5.13. The van der Waals surface area contributed by atoms with Crippen LogP contribution in [-0.2, 0) is 0 Å². The van der Waals surface area contributed by atoms with Crippen LogP contribution in [0, 0.1) is 5.95 Å². The third-order valence-electron chi connectivity index (χ3n) is 2.93. The van der Waals surface area contributed by atoms with E-state index in [-0.39, 0.29) is 0 Å². The fourth-order valence-electron chi connectivity index (χ4n) is 2.07. The molecule has 2 rings (SSSR count). The highest BCUT2D eigenvalue weighted by Gasteiger charge is 2.20. The van der Waals surface area contributed by atoms with E-state index in [9.17, 15) is 4.39 Å². The minimum Gasteiger partial charge on any atom is -0.357 e. The van der Waals surface area contributed by atoms with E-state index in [0.717, 1.165) is 5.82 Å². The lowest BCUT2D eigenvalue weighted by molar-refractivity contribution is 0.574. The molecule has 0 spiro atoms. The largest absolute Gasteiger partial charge is 0.357 e. The minimum atomic E-state index is -0.396. The Hall–Kier alpha value is -1.12. The van der Waals surface area contributed by atoms with E-state index >= 15 is 0 Å². The van der Waals surface area contributed by atoms with Crippen LogP contribution in [-0.4, -0.2) is 18.1 Å². The summed E-state index contributed by atoms with van der Waals surface area (Å²) >= 11 is 0. The Morgan fingerprint density at radius 1 is 1.36 bits per heavy atom. The van der Waals surface area contributed by atoms with Crippen LogP contribution in [0.1, 0.15) is 25.7 Å². The Labute approximate surface area is 83.8 Å². The Balaban J connectivity index is 2.13. The maximum atomic E-state index is 12.9. The molecule has 1 aliphatic rings. The molecule has 1 aromatic heterocycles. The van der Waals surface area contributed by atoms with Gasteiger partial charge in [-0.3, -0.25) is 0 Å². The Bertz CT molecular complexity index is 308. The van der Waals surface area contributed by atoms with Gasteiger partial charge in [0, 0.05) is 13.1 Å². The average molecular weight is 194 g/mol. The molecule has 0 atom stereocenters. The van der Waals surface area contributed by atoms with E-state index < -0.39 is 5.95 Å². The summed E-state index contributed by atoms with van der Waals surface area (Å²) in [6, 6.07) is 5.50. The zero-order valence-electron chi connectivity index (χ0n) is 8.41. The first-order valence-corrected chi connectivity index (χ1v) is 5.13. The van der Waals surface area contributed by atoms with Crippen LogP contribution in [0.4, 0.5) is 10.2 Å². The van der Waals surface area contributed by atoms with Crippen LogP contribution in [0.2, 0.25) is 0 Å². The van der Waals surface area contributed by atoms with Gasteiger partial charge in [0.1, 0.15) is 5.82 Å². The summed E-state index contributed by atoms with van der Waals surface area (Å²) in [7, 11) is 2.00. The molecule has 0 amide bonds. The monoisotopic (exact) mass is 194 g/mol. The van der Waals surface area contributed by atoms with E-state index in [4.69, 9.17) is 0 Å². The van der Waals surface area contributed by atoms with Gasteiger partial charge in [0.15, 0.2) is 0 Å². The number of pyridine rings is 1. The molecule has 0 bridgehead atoms. The number of nitrogens with zero attached hydrogens (tertiary/aromatic N) is 2. The summed E-state index contributed by atoms with van der Waals surface area (Å²) in [6.07, 6.45) is 4.97. The third kappa shape index (κ3) is 1.86. The third-order valence-corrected chi connectivity index (χ3v) is 2.93. The van der Waals surface area contributed by atoms with Gasteiger partial charge < -0.3 is 4.90 Å². The van der Waals surface area contributed by atoms with E-state index in [1.54, 1.807) is 6.07 Å². The smallest absolute Gasteiger partial charge is 0.214 e. The maximum Gasteiger partial charge on any atom is 0.214 e. The predicted octanol–water partition coefficient (Wildman–Crippen LogP) is 2.60. The molecule has 1 heterocycles. The van der Waals surface area contributed by atoms with Crippen molar-refractivity contribution in [3.8, 4) is 0 Å². The molecule has 0 unspecified atom stereocenters. The lowest BCUT2D eigenvalue weighted by Crippen LogP contribution is -2.29. The minimum absolute atomic E-state index is 0.396. The van der Waals surface area contributed by atoms with Crippen molar-refractivity contribution >= 4 is 5.82 Å². The second kappa shape index (κ2) is 3.95. The second-order valence-corrected chi connectivity index (χ2v) is 3.87. The fourth-order valence-corrected chi connectivity index (χ4v) is 2.07. The van der Waals surface area contributed by atoms with Gasteiger partial charge in [0.2, 0.25) is 5.95 Å². The Kier molecular flexibility index (Phi) is 2.66. The second-order valence-electron chi connectivity index (χ2n) is 3.87. The Morgan fingerprint density at radius 3 is 2.71 bits per heavy atom. The highest BCUT2D eigenvalue weighted by Crippen LogP contribution is 2.25. The first-order chi connectivity index (χ1) is 6.77. The molecule has 1 saturated carbocycles. The molecule has 2 nitrogen and oxygen atoms in total. The molecule has 0 aromatic carbocycles. The lowest BCUT2D eigenvalue weighted by atomic mass is 10.2. The molecule has 1 aliphatic carbocycles. The highest BCUT2D eigenvalue weighted by atomic mass is 19.1. The quantitative estimate of drug-likeness (QED) is 0.673. The van der Waals surface area contributed by atoms with Crippen molar-refractivity contribution in [2.24, 2.45) is 0 Å². The van der Waals surface area contributed by atoms with E-state index in [1.807, 2.05) is 13.1 Å². The number of anilines is 1. The molecule has 14 heavy (non-hydrogen) atoms. The van der Waals surface area contributed by atoms with Crippen LogP contribution in [0.5, 0.6) is 0 Å². The average Bonchev–Trinajstić information content (AvgIpc) is 2.69. The molecule has 0 aliphatic heterocycles. The van der Waals surface area contributed by atoms with Gasteiger partial charge in [-0.25, -0.2) is 4.98 Å². The molecule has 3 heteroatoms. The first kappa shape index (κ1) is 9.44. The van der Waals surface area contributed by atoms with Crippen LogP contribution < -0.4 is 4.90 Å². The predicted molar refractivity (Wildman–Crippen MR) is 54.9 cm³/mol. The summed E-state index contributed by atoms with van der Waals surface area (Å²) < 4.78 is 12.9. The standard InChI is InChI=1S/C11H15FN2/c1-14(9-5-2-3-6-9)11-8-4-7-10(12)13-11/h4,7-9H,2-3,5-6H2,1H3. The van der Waals surface area contributed by atoms with Crippen LogP contribution in [0.15, 0.2) is 18.2 Å². The van der Waals surface area contributed by atoms with Crippen molar-refractivity contribution < 1.29 is 4.39 Å². The molecular formula is C11H15FN2. The molecule has 0 saturated heterocycles. The van der Waals surface area contributed by atoms with Crippen molar-refractivity contribution in [3.63, 3.8) is 0 Å². The molecule has 0 radical (unpaired) electrons. The number of hydrogen-bond donors (Lipinski definition) is 0. The van der Waals surface area contributed by atoms with Crippen LogP contribution in [0.3, 0.4) is 0 Å². The van der Waals surface area contributed by atoms with Gasteiger partial charge in [-0.05, 0) is 25.0 Å². The van der Waals surface area contributed by atoms with Crippen molar-refractivity contribution in [1.29, 1.82) is 0 Å². The van der Waals surface area contributed by atoms with Crippen molar-refractivity contribution in [1.82, 2.24) is 4.98 Å². The summed E-state index contributed by atoms with van der Waals surface area (Å²) in [4.78, 5) is 5.97. The highest BCUT2D eigenvalue weighted by molar-refractivity contribution is 5.38. The van der Waals surface area contributed by atoms with Crippen molar-refractivity contribution in [2.45, 2.75) is 31.7 Å². The van der Waals surface area contributed by atoms with E-state index in [1.165, 1.54) is 31.7 Å². The fraction of sp³-hybridized carbons (Fsp3) is 0.545. The molecule has 0 N–H and O–H groups in total. The van der Waals surface area contributed by atoms with Gasteiger partial charge in [-0.15, -0.1) is 0 Å². The van der Waals surface area contributed by atoms with Gasteiger partial charge >= 0.3 is 0 Å². The molecule has 76 valence electrons. The topological polar surface area (TPSA) is 16.1 Å². The van der Waals surface area contributed by atoms with Crippen molar-refractivity contribution in [2.75, 3.05) is 11.9 Å². The summed E-state index contributed by atoms with van der Waals surface area (Å²) in [5.74, 6) is 0.351. The number of halogens is 1. The van der Waals surface area contributed by atoms with Gasteiger partial charge in [0.25, 0.3) is 0 Å². The maximum absolute atomic E-state index is 12.9. The van der Waals surface area contributed by atoms with E-state index in [2.05, 4.69) is 9.88 Å². The molecular weight excluding hydrogens is 179 g/mol. The SMILES string of the molecule is CN(c1cccc(F)n1)C1CCCC1. The molecule has 1 aromatic rings. The summed E-state index contributed by atoms with van der Waals surface area (Å²) in [5.41, 5.74) is 0. The van der Waals surface area contributed by atoms with Crippen LogP contribution in [0.25, 0.3) is 0 Å². The normalized spacial score (nSPS) is 17.3. The lowest BCUT2D eigenvalue weighted by Gasteiger charge is -2.25. The zero-order valence-corrected chi connectivity index (χ0v) is 8.41. The zero-order chi connectivity index (χ0) is 9.97. The molecule has 1 fully saturated rings. The van der Waals surface area contributed by atoms with Gasteiger partial charge in [-0.2, -0.15) is 4.39 Å². The Morgan fingerprint density at radius 2 is 2.07 bits per heavy atom. The van der Waals surface area contributed by atoms with Crippen molar-refractivity contribution in [3.05, 3.63) is 24.1 Å². The van der Waals surface area contributed by atoms with Gasteiger partial charge in [-0.1, -0.05) is 18.9 Å². The van der Waals surface area contributed by atoms with E-state index in [0.29, 0.717) is 6.04 Å². The summed E-state index contributed by atoms with van der Waals surface area (Å²) in [5, 5.41) is 0. The number of aromatic nitrogens is 1. The van der Waals surface area contributed by atoms with Crippen LogP contribution >= 0.6 is 0 Å². The number of rotatable bonds is 2.